The first-order valence-corrected chi connectivity index (χ1v) is 12.4. The molecule has 0 unspecified atom stereocenters. The molecule has 0 aliphatic rings. The molecule has 8 heteroatoms. The lowest BCUT2D eigenvalue weighted by Gasteiger charge is -2.24. The molecule has 0 radical (unpaired) electrons. The second-order valence-corrected chi connectivity index (χ2v) is 9.52. The van der Waals surface area contributed by atoms with Gasteiger partial charge in [0, 0.05) is 31.5 Å². The smallest absolute Gasteiger partial charge is 0.262 e. The molecule has 1 aromatic heterocycles. The summed E-state index contributed by atoms with van der Waals surface area (Å²) in [6, 6.07) is 26.1. The minimum Gasteiger partial charge on any atom is -0.497 e. The van der Waals surface area contributed by atoms with Crippen LogP contribution >= 0.6 is 0 Å². The first-order valence-electron chi connectivity index (χ1n) is 10.9. The summed E-state index contributed by atoms with van der Waals surface area (Å²) in [5.74, 6) is 0.115. The van der Waals surface area contributed by atoms with Crippen molar-refractivity contribution in [2.75, 3.05) is 11.8 Å². The molecule has 1 N–H and O–H groups in total. The number of nitrogens with zero attached hydrogens (tertiary/aromatic N) is 2. The van der Waals surface area contributed by atoms with E-state index in [0.717, 1.165) is 11.1 Å². The van der Waals surface area contributed by atoms with E-state index >= 15 is 0 Å². The Balaban J connectivity index is 1.66. The van der Waals surface area contributed by atoms with Gasteiger partial charge >= 0.3 is 0 Å². The number of ether oxygens (including phenoxy) is 1. The van der Waals surface area contributed by atoms with E-state index in [0.29, 0.717) is 18.8 Å². The van der Waals surface area contributed by atoms with Crippen LogP contribution in [0, 0.1) is 0 Å². The zero-order chi connectivity index (χ0) is 24.7. The number of nitrogens with one attached hydrogen (secondary N) is 1. The van der Waals surface area contributed by atoms with Crippen LogP contribution in [0.4, 0.5) is 5.69 Å². The number of methoxy groups -OCH3 is 1. The van der Waals surface area contributed by atoms with E-state index in [1.54, 1.807) is 53.7 Å². The molecule has 35 heavy (non-hydrogen) atoms. The molecular weight excluding hydrogens is 462 g/mol. The van der Waals surface area contributed by atoms with Gasteiger partial charge in [-0.05, 0) is 41.5 Å². The number of pyridine rings is 1. The minimum atomic E-state index is -3.96. The molecule has 0 aliphatic carbocycles. The molecule has 7 nitrogen and oxygen atoms in total. The molecule has 3 aromatic carbocycles. The van der Waals surface area contributed by atoms with Crippen LogP contribution < -0.4 is 9.46 Å². The van der Waals surface area contributed by atoms with Crippen molar-refractivity contribution < 1.29 is 17.9 Å². The molecule has 4 aromatic rings. The fourth-order valence-electron chi connectivity index (χ4n) is 3.62. The van der Waals surface area contributed by atoms with Crippen LogP contribution in [-0.2, 0) is 23.1 Å². The molecule has 0 saturated carbocycles. The lowest BCUT2D eigenvalue weighted by atomic mass is 10.1. The normalized spacial score (nSPS) is 11.0. The summed E-state index contributed by atoms with van der Waals surface area (Å²) in [5.41, 5.74) is 2.27. The van der Waals surface area contributed by atoms with Crippen molar-refractivity contribution in [3.8, 4) is 5.75 Å². The number of carbonyl (C=O) groups is 1. The summed E-state index contributed by atoms with van der Waals surface area (Å²) in [4.78, 5) is 19.6. The monoisotopic (exact) mass is 487 g/mol. The molecule has 0 saturated heterocycles. The predicted octanol–water partition coefficient (Wildman–Crippen LogP) is 4.73. The molecule has 0 fully saturated rings. The number of aromatic nitrogens is 1. The Bertz CT molecular complexity index is 1350. The zero-order valence-corrected chi connectivity index (χ0v) is 20.0. The van der Waals surface area contributed by atoms with Crippen molar-refractivity contribution in [3.63, 3.8) is 0 Å². The lowest BCUT2D eigenvalue weighted by Crippen LogP contribution is -2.31. The molecule has 0 atom stereocenters. The van der Waals surface area contributed by atoms with Crippen LogP contribution in [0.2, 0.25) is 0 Å². The number of amides is 1. The summed E-state index contributed by atoms with van der Waals surface area (Å²) in [6.07, 6.45) is 3.39. The van der Waals surface area contributed by atoms with E-state index in [2.05, 4.69) is 9.71 Å². The topological polar surface area (TPSA) is 88.6 Å². The van der Waals surface area contributed by atoms with E-state index in [1.165, 1.54) is 19.2 Å². The highest BCUT2D eigenvalue weighted by Gasteiger charge is 2.23. The molecule has 4 rings (SSSR count). The maximum atomic E-state index is 13.7. The average molecular weight is 488 g/mol. The van der Waals surface area contributed by atoms with Gasteiger partial charge in [-0.1, -0.05) is 54.6 Å². The van der Waals surface area contributed by atoms with Gasteiger partial charge in [0.25, 0.3) is 15.9 Å². The van der Waals surface area contributed by atoms with Crippen LogP contribution in [0.3, 0.4) is 0 Å². The Hall–Kier alpha value is -4.17. The second kappa shape index (κ2) is 10.8. The number of sulfonamides is 1. The highest BCUT2D eigenvalue weighted by atomic mass is 32.2. The first-order chi connectivity index (χ1) is 17.0. The molecule has 1 heterocycles. The van der Waals surface area contributed by atoms with Gasteiger partial charge in [-0.15, -0.1) is 0 Å². The Morgan fingerprint density at radius 1 is 0.886 bits per heavy atom. The molecule has 0 bridgehead atoms. The van der Waals surface area contributed by atoms with Crippen molar-refractivity contribution >= 4 is 21.6 Å². The van der Waals surface area contributed by atoms with Gasteiger partial charge in [0.05, 0.1) is 23.3 Å². The van der Waals surface area contributed by atoms with Gasteiger partial charge in [0.15, 0.2) is 0 Å². The molecular formula is C27H25N3O4S. The van der Waals surface area contributed by atoms with Gasteiger partial charge in [0.1, 0.15) is 5.75 Å². The highest BCUT2D eigenvalue weighted by molar-refractivity contribution is 7.92. The van der Waals surface area contributed by atoms with E-state index in [4.69, 9.17) is 4.74 Å². The second-order valence-electron chi connectivity index (χ2n) is 7.84. The van der Waals surface area contributed by atoms with Crippen LogP contribution in [0.1, 0.15) is 21.5 Å². The van der Waals surface area contributed by atoms with Crippen molar-refractivity contribution in [2.24, 2.45) is 0 Å². The molecule has 178 valence electrons. The Morgan fingerprint density at radius 2 is 1.60 bits per heavy atom. The zero-order valence-electron chi connectivity index (χ0n) is 19.2. The van der Waals surface area contributed by atoms with Crippen molar-refractivity contribution in [3.05, 3.63) is 120 Å². The Kier molecular flexibility index (Phi) is 7.42. The Labute approximate surface area is 205 Å². The van der Waals surface area contributed by atoms with Crippen LogP contribution in [0.25, 0.3) is 0 Å². The Morgan fingerprint density at radius 3 is 2.34 bits per heavy atom. The summed E-state index contributed by atoms with van der Waals surface area (Å²) in [5, 5.41) is 0. The van der Waals surface area contributed by atoms with Gasteiger partial charge in [-0.3, -0.25) is 14.5 Å². The van der Waals surface area contributed by atoms with E-state index in [1.807, 2.05) is 42.5 Å². The van der Waals surface area contributed by atoms with Crippen LogP contribution in [0.5, 0.6) is 5.75 Å². The number of anilines is 1. The van der Waals surface area contributed by atoms with Crippen molar-refractivity contribution in [1.82, 2.24) is 9.88 Å². The van der Waals surface area contributed by atoms with Gasteiger partial charge < -0.3 is 9.64 Å². The van der Waals surface area contributed by atoms with Gasteiger partial charge in [0.2, 0.25) is 0 Å². The number of carbonyl (C=O) groups excluding carboxylic acids is 1. The van der Waals surface area contributed by atoms with Crippen molar-refractivity contribution in [1.29, 1.82) is 0 Å². The largest absolute Gasteiger partial charge is 0.497 e. The average Bonchev–Trinajstić information content (AvgIpc) is 2.89. The maximum absolute atomic E-state index is 13.7. The van der Waals surface area contributed by atoms with Crippen LogP contribution in [0.15, 0.2) is 108 Å². The fraction of sp³-hybridized carbons (Fsp3) is 0.111. The van der Waals surface area contributed by atoms with E-state index in [-0.39, 0.29) is 22.1 Å². The quantitative estimate of drug-likeness (QED) is 0.369. The third-order valence-corrected chi connectivity index (χ3v) is 6.72. The number of hydrogen-bond acceptors (Lipinski definition) is 5. The number of rotatable bonds is 9. The van der Waals surface area contributed by atoms with Gasteiger partial charge in [-0.25, -0.2) is 8.42 Å². The summed E-state index contributed by atoms with van der Waals surface area (Å²) in [7, 11) is -2.49. The predicted molar refractivity (Wildman–Crippen MR) is 135 cm³/mol. The summed E-state index contributed by atoms with van der Waals surface area (Å²) in [6.45, 7) is 0.671. The molecule has 1 amide bonds. The lowest BCUT2D eigenvalue weighted by molar-refractivity contribution is 0.0731. The van der Waals surface area contributed by atoms with E-state index < -0.39 is 10.0 Å². The van der Waals surface area contributed by atoms with E-state index in [9.17, 15) is 13.2 Å². The number of para-hydroxylation sites is 1. The van der Waals surface area contributed by atoms with Crippen molar-refractivity contribution in [2.45, 2.75) is 18.0 Å². The van der Waals surface area contributed by atoms with Gasteiger partial charge in [-0.2, -0.15) is 0 Å². The summed E-state index contributed by atoms with van der Waals surface area (Å²) >= 11 is 0. The molecule has 0 spiro atoms. The number of benzene rings is 3. The third-order valence-electron chi connectivity index (χ3n) is 5.35. The highest BCUT2D eigenvalue weighted by Crippen LogP contribution is 2.25. The SMILES string of the molecule is COc1cccc(S(=O)(=O)Nc2ccccc2C(=O)N(Cc2ccccc2)Cc2cccnc2)c1. The molecule has 0 aliphatic heterocycles. The minimum absolute atomic E-state index is 0.0376. The third kappa shape index (κ3) is 6.04. The number of hydrogen-bond donors (Lipinski definition) is 1. The fourth-order valence-corrected chi connectivity index (χ4v) is 4.73. The first kappa shape index (κ1) is 24.0. The maximum Gasteiger partial charge on any atom is 0.262 e. The standard InChI is InChI=1S/C27H25N3O4S/c1-34-23-12-7-13-24(17-23)35(32,33)29-26-15-6-5-14-25(26)27(31)30(19-21-9-3-2-4-10-21)20-22-11-8-16-28-18-22/h2-18,29H,19-20H2,1H3. The summed E-state index contributed by atoms with van der Waals surface area (Å²) < 4.78 is 33.9. The van der Waals surface area contributed by atoms with Crippen LogP contribution in [-0.4, -0.2) is 31.3 Å².